The highest BCUT2D eigenvalue weighted by molar-refractivity contribution is 4.90. The van der Waals surface area contributed by atoms with E-state index in [9.17, 15) is 0 Å². The van der Waals surface area contributed by atoms with Crippen LogP contribution in [0.25, 0.3) is 0 Å². The Balaban J connectivity index is 1.90. The predicted octanol–water partition coefficient (Wildman–Crippen LogP) is 1.41. The maximum atomic E-state index is 8.82. The van der Waals surface area contributed by atoms with Gasteiger partial charge in [0, 0.05) is 6.54 Å². The first-order chi connectivity index (χ1) is 6.88. The number of rotatable bonds is 2. The highest BCUT2D eigenvalue weighted by Crippen LogP contribution is 2.17. The van der Waals surface area contributed by atoms with Gasteiger partial charge < -0.3 is 4.42 Å². The van der Waals surface area contributed by atoms with E-state index in [4.69, 9.17) is 9.68 Å². The molecular formula is C10H13N3O. The first-order valence-corrected chi connectivity index (χ1v) is 4.89. The minimum Gasteiger partial charge on any atom is -0.448 e. The SMILES string of the molecule is N#CC1CCCN(Cc2ncco2)C1. The van der Waals surface area contributed by atoms with Crippen molar-refractivity contribution in [3.8, 4) is 6.07 Å². The van der Waals surface area contributed by atoms with E-state index < -0.39 is 0 Å². The normalized spacial score (nSPS) is 23.2. The van der Waals surface area contributed by atoms with Gasteiger partial charge in [0.2, 0.25) is 5.89 Å². The number of nitrogens with zero attached hydrogens (tertiary/aromatic N) is 3. The number of aromatic nitrogens is 1. The lowest BCUT2D eigenvalue weighted by Crippen LogP contribution is -2.34. The molecule has 0 aromatic carbocycles. The fraction of sp³-hybridized carbons (Fsp3) is 0.600. The van der Waals surface area contributed by atoms with Crippen LogP contribution < -0.4 is 0 Å². The molecule has 1 aromatic rings. The third kappa shape index (κ3) is 2.12. The fourth-order valence-electron chi connectivity index (χ4n) is 1.83. The van der Waals surface area contributed by atoms with Crippen LogP contribution in [-0.2, 0) is 6.54 Å². The van der Waals surface area contributed by atoms with Crippen molar-refractivity contribution < 1.29 is 4.42 Å². The standard InChI is InChI=1S/C10H13N3O/c11-6-9-2-1-4-13(7-9)8-10-12-3-5-14-10/h3,5,9H,1-2,4,7-8H2. The van der Waals surface area contributed by atoms with Crippen molar-refractivity contribution in [2.45, 2.75) is 19.4 Å². The van der Waals surface area contributed by atoms with Crippen molar-refractivity contribution in [2.75, 3.05) is 13.1 Å². The Bertz CT molecular complexity index is 315. The van der Waals surface area contributed by atoms with Crippen LogP contribution in [0.4, 0.5) is 0 Å². The van der Waals surface area contributed by atoms with Crippen molar-refractivity contribution in [1.29, 1.82) is 5.26 Å². The molecule has 0 aliphatic carbocycles. The molecule has 74 valence electrons. The number of piperidine rings is 1. The largest absolute Gasteiger partial charge is 0.448 e. The molecule has 1 fully saturated rings. The molecule has 2 rings (SSSR count). The minimum absolute atomic E-state index is 0.179. The number of likely N-dealkylation sites (tertiary alicyclic amines) is 1. The van der Waals surface area contributed by atoms with Gasteiger partial charge in [0.15, 0.2) is 0 Å². The molecule has 0 spiro atoms. The molecule has 1 atom stereocenters. The third-order valence-electron chi connectivity index (χ3n) is 2.53. The fourth-order valence-corrected chi connectivity index (χ4v) is 1.83. The molecule has 1 unspecified atom stereocenters. The number of hydrogen-bond acceptors (Lipinski definition) is 4. The quantitative estimate of drug-likeness (QED) is 0.709. The van der Waals surface area contributed by atoms with E-state index in [1.54, 1.807) is 12.5 Å². The Hall–Kier alpha value is -1.34. The second-order valence-electron chi connectivity index (χ2n) is 3.63. The van der Waals surface area contributed by atoms with E-state index >= 15 is 0 Å². The van der Waals surface area contributed by atoms with Gasteiger partial charge in [0.1, 0.15) is 6.26 Å². The summed E-state index contributed by atoms with van der Waals surface area (Å²) in [4.78, 5) is 6.30. The Morgan fingerprint density at radius 1 is 1.71 bits per heavy atom. The smallest absolute Gasteiger partial charge is 0.208 e. The van der Waals surface area contributed by atoms with Crippen LogP contribution in [0.3, 0.4) is 0 Å². The van der Waals surface area contributed by atoms with Gasteiger partial charge in [-0.1, -0.05) is 0 Å². The van der Waals surface area contributed by atoms with E-state index in [0.29, 0.717) is 0 Å². The van der Waals surface area contributed by atoms with E-state index in [0.717, 1.165) is 38.4 Å². The molecule has 0 N–H and O–H groups in total. The Morgan fingerprint density at radius 3 is 3.36 bits per heavy atom. The van der Waals surface area contributed by atoms with Crippen LogP contribution >= 0.6 is 0 Å². The van der Waals surface area contributed by atoms with Gasteiger partial charge in [-0.05, 0) is 19.4 Å². The number of oxazole rings is 1. The van der Waals surface area contributed by atoms with Crippen molar-refractivity contribution in [2.24, 2.45) is 5.92 Å². The van der Waals surface area contributed by atoms with E-state index in [-0.39, 0.29) is 5.92 Å². The zero-order chi connectivity index (χ0) is 9.80. The van der Waals surface area contributed by atoms with Crippen molar-refractivity contribution >= 4 is 0 Å². The lowest BCUT2D eigenvalue weighted by atomic mass is 10.00. The van der Waals surface area contributed by atoms with Gasteiger partial charge in [0.05, 0.1) is 24.7 Å². The molecule has 4 nitrogen and oxygen atoms in total. The zero-order valence-corrected chi connectivity index (χ0v) is 8.02. The summed E-state index contributed by atoms with van der Waals surface area (Å²) in [7, 11) is 0. The van der Waals surface area contributed by atoms with Crippen LogP contribution in [0.15, 0.2) is 16.9 Å². The number of hydrogen-bond donors (Lipinski definition) is 0. The van der Waals surface area contributed by atoms with Gasteiger partial charge in [-0.3, -0.25) is 4.90 Å². The van der Waals surface area contributed by atoms with E-state index in [1.165, 1.54) is 0 Å². The highest BCUT2D eigenvalue weighted by Gasteiger charge is 2.20. The van der Waals surface area contributed by atoms with Gasteiger partial charge in [-0.2, -0.15) is 5.26 Å². The van der Waals surface area contributed by atoms with Crippen LogP contribution in [-0.4, -0.2) is 23.0 Å². The second-order valence-corrected chi connectivity index (χ2v) is 3.63. The van der Waals surface area contributed by atoms with Crippen molar-refractivity contribution in [1.82, 2.24) is 9.88 Å². The van der Waals surface area contributed by atoms with Gasteiger partial charge in [0.25, 0.3) is 0 Å². The zero-order valence-electron chi connectivity index (χ0n) is 8.02. The van der Waals surface area contributed by atoms with Crippen LogP contribution in [0, 0.1) is 17.2 Å². The average Bonchev–Trinajstić information content (AvgIpc) is 2.71. The lowest BCUT2D eigenvalue weighted by molar-refractivity contribution is 0.176. The summed E-state index contributed by atoms with van der Waals surface area (Å²) in [5, 5.41) is 8.82. The number of nitriles is 1. The molecule has 0 radical (unpaired) electrons. The van der Waals surface area contributed by atoms with Crippen LogP contribution in [0.1, 0.15) is 18.7 Å². The van der Waals surface area contributed by atoms with Crippen LogP contribution in [0.2, 0.25) is 0 Å². The molecule has 1 aliphatic rings. The summed E-state index contributed by atoms with van der Waals surface area (Å²) < 4.78 is 5.17. The summed E-state index contributed by atoms with van der Waals surface area (Å²) in [5.41, 5.74) is 0. The van der Waals surface area contributed by atoms with Crippen LogP contribution in [0.5, 0.6) is 0 Å². The first-order valence-electron chi connectivity index (χ1n) is 4.89. The van der Waals surface area contributed by atoms with Gasteiger partial charge in [-0.15, -0.1) is 0 Å². The average molecular weight is 191 g/mol. The van der Waals surface area contributed by atoms with Gasteiger partial charge in [-0.25, -0.2) is 4.98 Å². The first kappa shape index (κ1) is 9.22. The molecule has 1 aromatic heterocycles. The Labute approximate surface area is 83.1 Å². The summed E-state index contributed by atoms with van der Waals surface area (Å²) in [6, 6.07) is 2.32. The van der Waals surface area contributed by atoms with E-state index in [1.807, 2.05) is 0 Å². The highest BCUT2D eigenvalue weighted by atomic mass is 16.3. The monoisotopic (exact) mass is 191 g/mol. The summed E-state index contributed by atoms with van der Waals surface area (Å²) in [6.45, 7) is 2.62. The Morgan fingerprint density at radius 2 is 2.64 bits per heavy atom. The molecule has 14 heavy (non-hydrogen) atoms. The third-order valence-corrected chi connectivity index (χ3v) is 2.53. The Kier molecular flexibility index (Phi) is 2.80. The summed E-state index contributed by atoms with van der Waals surface area (Å²) in [5.74, 6) is 0.919. The topological polar surface area (TPSA) is 53.1 Å². The molecule has 0 amide bonds. The molecular weight excluding hydrogens is 178 g/mol. The van der Waals surface area contributed by atoms with Crippen molar-refractivity contribution in [3.05, 3.63) is 18.4 Å². The molecule has 0 bridgehead atoms. The van der Waals surface area contributed by atoms with E-state index in [2.05, 4.69) is 16.0 Å². The molecule has 4 heteroatoms. The maximum Gasteiger partial charge on any atom is 0.208 e. The molecule has 0 saturated carbocycles. The molecule has 1 saturated heterocycles. The van der Waals surface area contributed by atoms with Gasteiger partial charge >= 0.3 is 0 Å². The maximum absolute atomic E-state index is 8.82. The molecule has 2 heterocycles. The second kappa shape index (κ2) is 4.25. The summed E-state index contributed by atoms with van der Waals surface area (Å²) in [6.07, 6.45) is 5.36. The summed E-state index contributed by atoms with van der Waals surface area (Å²) >= 11 is 0. The lowest BCUT2D eigenvalue weighted by Gasteiger charge is -2.28. The van der Waals surface area contributed by atoms with Crippen molar-refractivity contribution in [3.63, 3.8) is 0 Å². The molecule has 1 aliphatic heterocycles. The minimum atomic E-state index is 0.179. The predicted molar refractivity (Wildman–Crippen MR) is 50.1 cm³/mol.